The molecule has 2 aromatic rings. The molecule has 0 aromatic heterocycles. The van der Waals surface area contributed by atoms with Crippen LogP contribution in [-0.2, 0) is 11.3 Å². The summed E-state index contributed by atoms with van der Waals surface area (Å²) in [6, 6.07) is 16.3. The first-order chi connectivity index (χ1) is 14.2. The summed E-state index contributed by atoms with van der Waals surface area (Å²) < 4.78 is 10.7. The number of nitrogens with zero attached hydrogens (tertiary/aromatic N) is 2. The Balaban J connectivity index is 0.00000320. The zero-order chi connectivity index (χ0) is 20.5. The highest BCUT2D eigenvalue weighted by Gasteiger charge is 2.22. The highest BCUT2D eigenvalue weighted by Crippen LogP contribution is 2.23. The minimum absolute atomic E-state index is 0. The molecule has 0 bridgehead atoms. The zero-order valence-electron chi connectivity index (χ0n) is 17.4. The molecule has 1 saturated heterocycles. The second-order valence-electron chi connectivity index (χ2n) is 6.87. The van der Waals surface area contributed by atoms with E-state index in [2.05, 4.69) is 32.7 Å². The van der Waals surface area contributed by atoms with Gasteiger partial charge in [0.25, 0.3) is 0 Å². The molecule has 6 nitrogen and oxygen atoms in total. The summed E-state index contributed by atoms with van der Waals surface area (Å²) in [7, 11) is 3.46. The number of nitrogens with one attached hydrogen (secondary N) is 2. The standard InChI is InChI=1S/C22H29ClN4O2.HI/c1-24-22(25-15-17-3-9-20(28-2)10-4-17)26-16-21(27-11-13-29-14-12-27)18-5-7-19(23)8-6-18;/h3-10,21H,11-16H2,1-2H3,(H2,24,25,26);1H. The Morgan fingerprint density at radius 1 is 1.10 bits per heavy atom. The molecule has 3 rings (SSSR count). The Kier molecular flexibility index (Phi) is 10.7. The largest absolute Gasteiger partial charge is 0.497 e. The van der Waals surface area contributed by atoms with Crippen LogP contribution >= 0.6 is 35.6 Å². The van der Waals surface area contributed by atoms with Crippen LogP contribution in [0.15, 0.2) is 53.5 Å². The van der Waals surface area contributed by atoms with Gasteiger partial charge in [0.05, 0.1) is 26.4 Å². The SMILES string of the molecule is CN=C(NCc1ccc(OC)cc1)NCC(c1ccc(Cl)cc1)N1CCOCC1.I. The summed E-state index contributed by atoms with van der Waals surface area (Å²) in [5.41, 5.74) is 2.39. The van der Waals surface area contributed by atoms with Gasteiger partial charge in [-0.15, -0.1) is 24.0 Å². The number of aliphatic imine (C=N–C) groups is 1. The highest BCUT2D eigenvalue weighted by molar-refractivity contribution is 14.0. The van der Waals surface area contributed by atoms with Gasteiger partial charge in [-0.25, -0.2) is 0 Å². The fourth-order valence-electron chi connectivity index (χ4n) is 3.37. The first-order valence-electron chi connectivity index (χ1n) is 9.84. The van der Waals surface area contributed by atoms with Gasteiger partial charge in [-0.1, -0.05) is 35.9 Å². The number of guanidine groups is 1. The smallest absolute Gasteiger partial charge is 0.191 e. The lowest BCUT2D eigenvalue weighted by Crippen LogP contribution is -2.46. The molecular weight excluding hydrogens is 515 g/mol. The summed E-state index contributed by atoms with van der Waals surface area (Å²) >= 11 is 6.08. The van der Waals surface area contributed by atoms with E-state index in [1.165, 1.54) is 5.56 Å². The fourth-order valence-corrected chi connectivity index (χ4v) is 3.50. The van der Waals surface area contributed by atoms with Crippen molar-refractivity contribution in [1.82, 2.24) is 15.5 Å². The molecule has 0 spiro atoms. The van der Waals surface area contributed by atoms with E-state index in [1.54, 1.807) is 14.2 Å². The third kappa shape index (κ3) is 7.30. The zero-order valence-corrected chi connectivity index (χ0v) is 20.5. The first-order valence-corrected chi connectivity index (χ1v) is 10.2. The molecule has 0 amide bonds. The van der Waals surface area contributed by atoms with Crippen LogP contribution in [0.1, 0.15) is 17.2 Å². The average Bonchev–Trinajstić information content (AvgIpc) is 2.78. The number of morpholine rings is 1. The molecule has 0 radical (unpaired) electrons. The van der Waals surface area contributed by atoms with Crippen molar-refractivity contribution in [3.8, 4) is 5.75 Å². The maximum absolute atomic E-state index is 6.08. The normalized spacial score (nSPS) is 15.8. The number of rotatable bonds is 7. The van der Waals surface area contributed by atoms with Gasteiger partial charge in [0.2, 0.25) is 0 Å². The molecular formula is C22H30ClIN4O2. The number of benzene rings is 2. The Morgan fingerprint density at radius 3 is 2.37 bits per heavy atom. The molecule has 164 valence electrons. The lowest BCUT2D eigenvalue weighted by atomic mass is 10.0. The number of halogens is 2. The van der Waals surface area contributed by atoms with Crippen molar-refractivity contribution < 1.29 is 9.47 Å². The predicted octanol–water partition coefficient (Wildman–Crippen LogP) is 3.71. The number of hydrogen-bond acceptors (Lipinski definition) is 4. The molecule has 2 aromatic carbocycles. The van der Waals surface area contributed by atoms with Crippen molar-refractivity contribution in [2.75, 3.05) is 47.0 Å². The van der Waals surface area contributed by atoms with E-state index in [0.29, 0.717) is 6.54 Å². The van der Waals surface area contributed by atoms with Crippen LogP contribution in [0, 0.1) is 0 Å². The molecule has 1 fully saturated rings. The van der Waals surface area contributed by atoms with Crippen molar-refractivity contribution >= 4 is 41.5 Å². The molecule has 1 aliphatic rings. The van der Waals surface area contributed by atoms with Crippen LogP contribution in [0.2, 0.25) is 5.02 Å². The number of hydrogen-bond donors (Lipinski definition) is 2. The van der Waals surface area contributed by atoms with Gasteiger partial charge in [-0.2, -0.15) is 0 Å². The van der Waals surface area contributed by atoms with E-state index in [-0.39, 0.29) is 30.0 Å². The van der Waals surface area contributed by atoms with Gasteiger partial charge in [-0.3, -0.25) is 9.89 Å². The average molecular weight is 545 g/mol. The van der Waals surface area contributed by atoms with Crippen LogP contribution in [0.4, 0.5) is 0 Å². The highest BCUT2D eigenvalue weighted by atomic mass is 127. The van der Waals surface area contributed by atoms with E-state index in [1.807, 2.05) is 36.4 Å². The topological polar surface area (TPSA) is 58.1 Å². The van der Waals surface area contributed by atoms with E-state index in [0.717, 1.165) is 55.1 Å². The summed E-state index contributed by atoms with van der Waals surface area (Å²) in [5, 5.41) is 7.60. The van der Waals surface area contributed by atoms with Gasteiger partial charge in [-0.05, 0) is 35.4 Å². The van der Waals surface area contributed by atoms with Gasteiger partial charge in [0.15, 0.2) is 5.96 Å². The van der Waals surface area contributed by atoms with Crippen molar-refractivity contribution in [1.29, 1.82) is 0 Å². The molecule has 1 atom stereocenters. The summed E-state index contributed by atoms with van der Waals surface area (Å²) in [6.45, 7) is 4.76. The summed E-state index contributed by atoms with van der Waals surface area (Å²) in [6.07, 6.45) is 0. The lowest BCUT2D eigenvalue weighted by molar-refractivity contribution is 0.0170. The lowest BCUT2D eigenvalue weighted by Gasteiger charge is -2.35. The minimum atomic E-state index is 0. The summed E-state index contributed by atoms with van der Waals surface area (Å²) in [5.74, 6) is 1.63. The van der Waals surface area contributed by atoms with Crippen molar-refractivity contribution in [2.24, 2.45) is 4.99 Å². The molecule has 0 saturated carbocycles. The molecule has 1 aliphatic heterocycles. The van der Waals surface area contributed by atoms with Crippen LogP contribution in [0.3, 0.4) is 0 Å². The van der Waals surface area contributed by atoms with Crippen LogP contribution in [0.5, 0.6) is 5.75 Å². The molecule has 8 heteroatoms. The Bertz CT molecular complexity index is 781. The Labute approximate surface area is 201 Å². The Hall–Kier alpha value is -1.55. The molecule has 30 heavy (non-hydrogen) atoms. The molecule has 1 unspecified atom stereocenters. The fraction of sp³-hybridized carbons (Fsp3) is 0.409. The van der Waals surface area contributed by atoms with Crippen molar-refractivity contribution in [2.45, 2.75) is 12.6 Å². The van der Waals surface area contributed by atoms with Gasteiger partial charge < -0.3 is 20.1 Å². The van der Waals surface area contributed by atoms with Crippen molar-refractivity contribution in [3.63, 3.8) is 0 Å². The van der Waals surface area contributed by atoms with Crippen LogP contribution in [0.25, 0.3) is 0 Å². The van der Waals surface area contributed by atoms with E-state index in [4.69, 9.17) is 21.1 Å². The summed E-state index contributed by atoms with van der Waals surface area (Å²) in [4.78, 5) is 6.81. The second kappa shape index (κ2) is 13.0. The van der Waals surface area contributed by atoms with Crippen molar-refractivity contribution in [3.05, 3.63) is 64.7 Å². The molecule has 2 N–H and O–H groups in total. The third-order valence-electron chi connectivity index (χ3n) is 5.05. The number of methoxy groups -OCH3 is 1. The quantitative estimate of drug-likeness (QED) is 0.316. The maximum Gasteiger partial charge on any atom is 0.191 e. The van der Waals surface area contributed by atoms with Gasteiger partial charge in [0.1, 0.15) is 5.75 Å². The third-order valence-corrected chi connectivity index (χ3v) is 5.30. The predicted molar refractivity (Wildman–Crippen MR) is 133 cm³/mol. The van der Waals surface area contributed by atoms with E-state index < -0.39 is 0 Å². The Morgan fingerprint density at radius 2 is 1.77 bits per heavy atom. The number of ether oxygens (including phenoxy) is 2. The van der Waals surface area contributed by atoms with Gasteiger partial charge in [0, 0.05) is 38.2 Å². The van der Waals surface area contributed by atoms with Crippen LogP contribution < -0.4 is 15.4 Å². The van der Waals surface area contributed by atoms with Crippen LogP contribution in [-0.4, -0.2) is 57.9 Å². The van der Waals surface area contributed by atoms with Gasteiger partial charge >= 0.3 is 0 Å². The first kappa shape index (κ1) is 24.7. The maximum atomic E-state index is 6.08. The van der Waals surface area contributed by atoms with E-state index in [9.17, 15) is 0 Å². The molecule has 0 aliphatic carbocycles. The second-order valence-corrected chi connectivity index (χ2v) is 7.31. The minimum Gasteiger partial charge on any atom is -0.497 e. The monoisotopic (exact) mass is 544 g/mol. The molecule has 1 heterocycles. The van der Waals surface area contributed by atoms with E-state index >= 15 is 0 Å².